The van der Waals surface area contributed by atoms with E-state index in [9.17, 15) is 4.79 Å². The van der Waals surface area contributed by atoms with E-state index < -0.39 is 0 Å². The minimum atomic E-state index is -0.236. The largest absolute Gasteiger partial charge is 0.497 e. The molecule has 1 saturated heterocycles. The molecule has 9 heteroatoms. The van der Waals surface area contributed by atoms with E-state index in [1.54, 1.807) is 26.3 Å². The SMILES string of the molecule is COc1ccc(C2=NN(C(=O)CNCCN3CCOCC3)C(c3ccc(OC)c(OC)c3)C2)cc1. The standard InChI is InChI=1S/C26H34N4O5/c1-32-21-7-4-19(5-8-21)22-17-23(20-6-9-24(33-2)25(16-20)34-3)30(28-22)26(31)18-27-10-11-29-12-14-35-15-13-29/h4-9,16,23,27H,10-15,17-18H2,1-3H3. The van der Waals surface area contributed by atoms with E-state index in [-0.39, 0.29) is 18.5 Å². The van der Waals surface area contributed by atoms with Crippen LogP contribution >= 0.6 is 0 Å². The lowest BCUT2D eigenvalue weighted by atomic mass is 9.98. The highest BCUT2D eigenvalue weighted by Gasteiger charge is 2.33. The van der Waals surface area contributed by atoms with Crippen molar-refractivity contribution in [1.82, 2.24) is 15.2 Å². The normalized spacial score (nSPS) is 18.3. The molecule has 35 heavy (non-hydrogen) atoms. The van der Waals surface area contributed by atoms with Crippen LogP contribution in [-0.2, 0) is 9.53 Å². The van der Waals surface area contributed by atoms with E-state index in [4.69, 9.17) is 24.0 Å². The molecule has 4 rings (SSSR count). The molecule has 0 saturated carbocycles. The molecule has 2 heterocycles. The Bertz CT molecular complexity index is 1020. The van der Waals surface area contributed by atoms with Gasteiger partial charge in [-0.1, -0.05) is 6.07 Å². The van der Waals surface area contributed by atoms with Crippen molar-refractivity contribution in [2.45, 2.75) is 12.5 Å². The fourth-order valence-corrected chi connectivity index (χ4v) is 4.36. The third kappa shape index (κ3) is 6.11. The van der Waals surface area contributed by atoms with E-state index in [0.717, 1.165) is 62.0 Å². The maximum atomic E-state index is 13.3. The molecule has 1 amide bonds. The van der Waals surface area contributed by atoms with Crippen LogP contribution in [-0.4, -0.2) is 88.8 Å². The van der Waals surface area contributed by atoms with Gasteiger partial charge in [-0.2, -0.15) is 5.10 Å². The van der Waals surface area contributed by atoms with Crippen LogP contribution in [0.1, 0.15) is 23.6 Å². The Morgan fingerprint density at radius 3 is 2.46 bits per heavy atom. The average molecular weight is 483 g/mol. The molecule has 0 aliphatic carbocycles. The van der Waals surface area contributed by atoms with E-state index in [1.807, 2.05) is 42.5 Å². The Morgan fingerprint density at radius 1 is 1.03 bits per heavy atom. The molecule has 2 aliphatic rings. The lowest BCUT2D eigenvalue weighted by Gasteiger charge is -2.27. The van der Waals surface area contributed by atoms with Gasteiger partial charge in [0.05, 0.1) is 52.8 Å². The van der Waals surface area contributed by atoms with Crippen LogP contribution in [0.5, 0.6) is 17.2 Å². The molecule has 9 nitrogen and oxygen atoms in total. The van der Waals surface area contributed by atoms with Crippen LogP contribution in [0.15, 0.2) is 47.6 Å². The summed E-state index contributed by atoms with van der Waals surface area (Å²) in [5.41, 5.74) is 2.76. The molecule has 1 fully saturated rings. The van der Waals surface area contributed by atoms with Gasteiger partial charge in [0.2, 0.25) is 0 Å². The van der Waals surface area contributed by atoms with Gasteiger partial charge in [-0.3, -0.25) is 9.69 Å². The van der Waals surface area contributed by atoms with E-state index in [0.29, 0.717) is 17.9 Å². The number of benzene rings is 2. The molecule has 2 aromatic carbocycles. The van der Waals surface area contributed by atoms with Crippen LogP contribution in [0.3, 0.4) is 0 Å². The summed E-state index contributed by atoms with van der Waals surface area (Å²) < 4.78 is 21.6. The Labute approximate surface area is 206 Å². The zero-order valence-corrected chi connectivity index (χ0v) is 20.7. The van der Waals surface area contributed by atoms with Gasteiger partial charge in [-0.05, 0) is 47.5 Å². The Hall–Kier alpha value is -3.14. The van der Waals surface area contributed by atoms with Crippen molar-refractivity contribution in [2.24, 2.45) is 5.10 Å². The van der Waals surface area contributed by atoms with Gasteiger partial charge in [-0.15, -0.1) is 0 Å². The first-order valence-electron chi connectivity index (χ1n) is 11.9. The summed E-state index contributed by atoms with van der Waals surface area (Å²) in [4.78, 5) is 15.6. The van der Waals surface area contributed by atoms with Crippen molar-refractivity contribution in [2.75, 3.05) is 67.3 Å². The Morgan fingerprint density at radius 2 is 1.77 bits per heavy atom. The van der Waals surface area contributed by atoms with Crippen LogP contribution in [0.25, 0.3) is 0 Å². The Balaban J connectivity index is 1.49. The molecule has 0 bridgehead atoms. The Kier molecular flexibility index (Phi) is 8.57. The number of carbonyl (C=O) groups excluding carboxylic acids is 1. The maximum absolute atomic E-state index is 13.3. The lowest BCUT2D eigenvalue weighted by molar-refractivity contribution is -0.132. The van der Waals surface area contributed by atoms with Crippen molar-refractivity contribution >= 4 is 11.6 Å². The molecule has 1 unspecified atom stereocenters. The number of nitrogens with zero attached hydrogens (tertiary/aromatic N) is 3. The molecular formula is C26H34N4O5. The number of hydrazone groups is 1. The number of ether oxygens (including phenoxy) is 4. The van der Waals surface area contributed by atoms with Crippen molar-refractivity contribution in [3.05, 3.63) is 53.6 Å². The zero-order chi connectivity index (χ0) is 24.6. The van der Waals surface area contributed by atoms with Gasteiger partial charge < -0.3 is 24.3 Å². The summed E-state index contributed by atoms with van der Waals surface area (Å²) in [5.74, 6) is 1.98. The molecule has 1 N–H and O–H groups in total. The highest BCUT2D eigenvalue weighted by Crippen LogP contribution is 2.37. The molecule has 1 atom stereocenters. The summed E-state index contributed by atoms with van der Waals surface area (Å²) >= 11 is 0. The quantitative estimate of drug-likeness (QED) is 0.520. The van der Waals surface area contributed by atoms with Gasteiger partial charge >= 0.3 is 0 Å². The average Bonchev–Trinajstić information content (AvgIpc) is 3.37. The summed E-state index contributed by atoms with van der Waals surface area (Å²) in [6, 6.07) is 13.3. The smallest absolute Gasteiger partial charge is 0.257 e. The third-order valence-electron chi connectivity index (χ3n) is 6.37. The summed E-state index contributed by atoms with van der Waals surface area (Å²) in [6.45, 7) is 5.22. The number of amides is 1. The predicted octanol–water partition coefficient (Wildman–Crippen LogP) is 2.31. The van der Waals surface area contributed by atoms with Gasteiger partial charge in [0.15, 0.2) is 11.5 Å². The zero-order valence-electron chi connectivity index (χ0n) is 20.7. The fraction of sp³-hybridized carbons (Fsp3) is 0.462. The van der Waals surface area contributed by atoms with Gasteiger partial charge in [0.1, 0.15) is 5.75 Å². The van der Waals surface area contributed by atoms with Crippen LogP contribution in [0, 0.1) is 0 Å². The lowest BCUT2D eigenvalue weighted by Crippen LogP contribution is -2.42. The van der Waals surface area contributed by atoms with E-state index in [1.165, 1.54) is 0 Å². The van der Waals surface area contributed by atoms with Gasteiger partial charge in [-0.25, -0.2) is 5.01 Å². The summed E-state index contributed by atoms with van der Waals surface area (Å²) in [5, 5.41) is 9.65. The number of hydrogen-bond acceptors (Lipinski definition) is 8. The second-order valence-corrected chi connectivity index (χ2v) is 8.48. The van der Waals surface area contributed by atoms with E-state index >= 15 is 0 Å². The van der Waals surface area contributed by atoms with E-state index in [2.05, 4.69) is 10.2 Å². The number of rotatable bonds is 10. The molecule has 2 aromatic rings. The fourth-order valence-electron chi connectivity index (χ4n) is 4.36. The monoisotopic (exact) mass is 482 g/mol. The minimum absolute atomic E-state index is 0.0738. The first-order chi connectivity index (χ1) is 17.1. The topological polar surface area (TPSA) is 84.9 Å². The molecule has 188 valence electrons. The molecule has 0 spiro atoms. The summed E-state index contributed by atoms with van der Waals surface area (Å²) in [6.07, 6.45) is 0.599. The number of morpholine rings is 1. The second kappa shape index (κ2) is 12.0. The van der Waals surface area contributed by atoms with Crippen molar-refractivity contribution in [3.63, 3.8) is 0 Å². The summed E-state index contributed by atoms with van der Waals surface area (Å²) in [7, 11) is 4.86. The van der Waals surface area contributed by atoms with Gasteiger partial charge in [0.25, 0.3) is 5.91 Å². The first kappa shape index (κ1) is 25.0. The van der Waals surface area contributed by atoms with Crippen molar-refractivity contribution in [3.8, 4) is 17.2 Å². The predicted molar refractivity (Wildman–Crippen MR) is 133 cm³/mol. The second-order valence-electron chi connectivity index (χ2n) is 8.48. The van der Waals surface area contributed by atoms with Crippen LogP contribution < -0.4 is 19.5 Å². The number of carbonyl (C=O) groups is 1. The number of hydrogen-bond donors (Lipinski definition) is 1. The molecule has 0 aromatic heterocycles. The molecular weight excluding hydrogens is 448 g/mol. The number of nitrogens with one attached hydrogen (secondary N) is 1. The van der Waals surface area contributed by atoms with Crippen LogP contribution in [0.2, 0.25) is 0 Å². The highest BCUT2D eigenvalue weighted by molar-refractivity contribution is 6.03. The maximum Gasteiger partial charge on any atom is 0.257 e. The van der Waals surface area contributed by atoms with Crippen molar-refractivity contribution in [1.29, 1.82) is 0 Å². The minimum Gasteiger partial charge on any atom is -0.497 e. The molecule has 0 radical (unpaired) electrons. The van der Waals surface area contributed by atoms with Crippen molar-refractivity contribution < 1.29 is 23.7 Å². The van der Waals surface area contributed by atoms with Gasteiger partial charge in [0, 0.05) is 32.6 Å². The molecule has 2 aliphatic heterocycles. The number of methoxy groups -OCH3 is 3. The third-order valence-corrected chi connectivity index (χ3v) is 6.37. The van der Waals surface area contributed by atoms with Crippen LogP contribution in [0.4, 0.5) is 0 Å². The highest BCUT2D eigenvalue weighted by atomic mass is 16.5. The first-order valence-corrected chi connectivity index (χ1v) is 11.9.